The minimum Gasteiger partial charge on any atom is -0.473 e. The molecule has 6 nitrogen and oxygen atoms in total. The van der Waals surface area contributed by atoms with Crippen LogP contribution in [0.25, 0.3) is 0 Å². The molecule has 0 aromatic carbocycles. The average molecular weight is 304 g/mol. The van der Waals surface area contributed by atoms with Crippen LogP contribution < -0.4 is 10.1 Å². The van der Waals surface area contributed by atoms with E-state index in [1.54, 1.807) is 36.3 Å². The number of nitrogens with one attached hydrogen (secondary N) is 1. The molecule has 0 unspecified atom stereocenters. The summed E-state index contributed by atoms with van der Waals surface area (Å²) in [6.45, 7) is 0. The van der Waals surface area contributed by atoms with Crippen LogP contribution in [0, 0.1) is 0 Å². The fourth-order valence-electron chi connectivity index (χ4n) is 2.05. The van der Waals surface area contributed by atoms with E-state index in [4.69, 9.17) is 4.74 Å². The first-order chi connectivity index (χ1) is 10.2. The van der Waals surface area contributed by atoms with Gasteiger partial charge in [-0.25, -0.2) is 4.98 Å². The summed E-state index contributed by atoms with van der Waals surface area (Å²) in [4.78, 5) is 16.2. The zero-order chi connectivity index (χ0) is 14.7. The molecular formula is C14H16N4O2S. The van der Waals surface area contributed by atoms with Gasteiger partial charge in [-0.05, 0) is 18.2 Å². The number of ether oxygens (including phenoxy) is 1. The topological polar surface area (TPSA) is 69.0 Å². The Morgan fingerprint density at radius 3 is 3.00 bits per heavy atom. The number of hydrogen-bond donors (Lipinski definition) is 1. The van der Waals surface area contributed by atoms with Crippen LogP contribution in [0.15, 0.2) is 30.7 Å². The van der Waals surface area contributed by atoms with E-state index in [2.05, 4.69) is 15.4 Å². The highest BCUT2D eigenvalue weighted by Gasteiger charge is 2.17. The zero-order valence-electron chi connectivity index (χ0n) is 11.7. The van der Waals surface area contributed by atoms with Gasteiger partial charge in [0.15, 0.2) is 0 Å². The first-order valence-corrected chi connectivity index (χ1v) is 7.86. The number of pyridine rings is 1. The molecule has 1 aliphatic heterocycles. The van der Waals surface area contributed by atoms with Gasteiger partial charge in [0.1, 0.15) is 6.10 Å². The van der Waals surface area contributed by atoms with E-state index in [-0.39, 0.29) is 12.0 Å². The van der Waals surface area contributed by atoms with Crippen molar-refractivity contribution in [1.82, 2.24) is 14.8 Å². The Kier molecular flexibility index (Phi) is 4.10. The van der Waals surface area contributed by atoms with Crippen LogP contribution in [0.5, 0.6) is 5.88 Å². The van der Waals surface area contributed by atoms with Crippen LogP contribution in [-0.2, 0) is 7.05 Å². The molecule has 1 N–H and O–H groups in total. The quantitative estimate of drug-likeness (QED) is 0.935. The second-order valence-electron chi connectivity index (χ2n) is 4.85. The van der Waals surface area contributed by atoms with Crippen molar-refractivity contribution in [3.8, 4) is 5.88 Å². The number of rotatable bonds is 4. The van der Waals surface area contributed by atoms with Crippen molar-refractivity contribution in [3.05, 3.63) is 36.3 Å². The highest BCUT2D eigenvalue weighted by Crippen LogP contribution is 2.22. The number of carbonyl (C=O) groups is 1. The van der Waals surface area contributed by atoms with Crippen molar-refractivity contribution in [2.75, 3.05) is 16.8 Å². The van der Waals surface area contributed by atoms with E-state index in [0.29, 0.717) is 17.1 Å². The summed E-state index contributed by atoms with van der Waals surface area (Å²) in [5, 5.41) is 6.76. The maximum absolute atomic E-state index is 12.0. The van der Waals surface area contributed by atoms with E-state index in [1.807, 2.05) is 11.8 Å². The fraction of sp³-hybridized carbons (Fsp3) is 0.357. The molecule has 2 aromatic heterocycles. The molecule has 1 fully saturated rings. The molecule has 3 heterocycles. The summed E-state index contributed by atoms with van der Waals surface area (Å²) in [6, 6.07) is 3.46. The Morgan fingerprint density at radius 2 is 2.38 bits per heavy atom. The molecule has 0 radical (unpaired) electrons. The molecule has 0 saturated carbocycles. The molecule has 3 rings (SSSR count). The molecule has 1 aliphatic rings. The molecule has 1 atom stereocenters. The predicted octanol–water partition coefficient (Wildman–Crippen LogP) is 1.95. The lowest BCUT2D eigenvalue weighted by molar-refractivity contribution is 0.102. The lowest BCUT2D eigenvalue weighted by atomic mass is 10.2. The van der Waals surface area contributed by atoms with Crippen molar-refractivity contribution in [3.63, 3.8) is 0 Å². The Balaban J connectivity index is 1.61. The van der Waals surface area contributed by atoms with E-state index in [1.165, 1.54) is 6.20 Å². The van der Waals surface area contributed by atoms with Crippen molar-refractivity contribution >= 4 is 23.4 Å². The number of thioether (sulfide) groups is 1. The summed E-state index contributed by atoms with van der Waals surface area (Å²) < 4.78 is 7.38. The summed E-state index contributed by atoms with van der Waals surface area (Å²) in [7, 11) is 1.80. The van der Waals surface area contributed by atoms with Gasteiger partial charge in [-0.3, -0.25) is 9.48 Å². The molecular weight excluding hydrogens is 288 g/mol. The van der Waals surface area contributed by atoms with Gasteiger partial charge < -0.3 is 10.1 Å². The lowest BCUT2D eigenvalue weighted by Crippen LogP contribution is -2.16. The molecule has 1 amide bonds. The van der Waals surface area contributed by atoms with Crippen LogP contribution >= 0.6 is 11.8 Å². The minimum atomic E-state index is -0.210. The highest BCUT2D eigenvalue weighted by atomic mass is 32.2. The molecule has 0 aliphatic carbocycles. The molecule has 7 heteroatoms. The number of aromatic nitrogens is 3. The van der Waals surface area contributed by atoms with Crippen LogP contribution in [0.3, 0.4) is 0 Å². The van der Waals surface area contributed by atoms with Crippen LogP contribution in [-0.4, -0.2) is 38.3 Å². The van der Waals surface area contributed by atoms with E-state index >= 15 is 0 Å². The number of amides is 1. The maximum Gasteiger partial charge on any atom is 0.257 e. The highest BCUT2D eigenvalue weighted by molar-refractivity contribution is 7.99. The monoisotopic (exact) mass is 304 g/mol. The summed E-state index contributed by atoms with van der Waals surface area (Å²) in [5.74, 6) is 2.50. The second kappa shape index (κ2) is 6.17. The number of anilines is 1. The third kappa shape index (κ3) is 3.55. The van der Waals surface area contributed by atoms with E-state index in [0.717, 1.165) is 17.9 Å². The Hall–Kier alpha value is -2.02. The van der Waals surface area contributed by atoms with Crippen molar-refractivity contribution in [2.24, 2.45) is 7.05 Å². The van der Waals surface area contributed by atoms with Crippen molar-refractivity contribution in [2.45, 2.75) is 12.5 Å². The SMILES string of the molecule is Cn1cc(NC(=O)c2ccc(O[C@H]3CCSC3)nc2)cn1. The minimum absolute atomic E-state index is 0.210. The maximum atomic E-state index is 12.0. The lowest BCUT2D eigenvalue weighted by Gasteiger charge is -2.11. The first kappa shape index (κ1) is 13.9. The number of carbonyl (C=O) groups excluding carboxylic acids is 1. The van der Waals surface area contributed by atoms with Gasteiger partial charge in [0.05, 0.1) is 17.4 Å². The smallest absolute Gasteiger partial charge is 0.257 e. The van der Waals surface area contributed by atoms with Gasteiger partial charge in [-0.1, -0.05) is 0 Å². The Morgan fingerprint density at radius 1 is 1.48 bits per heavy atom. The van der Waals surface area contributed by atoms with Gasteiger partial charge in [0.25, 0.3) is 5.91 Å². The number of hydrogen-bond acceptors (Lipinski definition) is 5. The molecule has 0 bridgehead atoms. The van der Waals surface area contributed by atoms with Gasteiger partial charge in [-0.15, -0.1) is 0 Å². The normalized spacial score (nSPS) is 17.7. The summed E-state index contributed by atoms with van der Waals surface area (Å²) >= 11 is 1.89. The number of nitrogens with zero attached hydrogens (tertiary/aromatic N) is 3. The molecule has 0 spiro atoms. The average Bonchev–Trinajstić information content (AvgIpc) is 3.12. The Labute approximate surface area is 126 Å². The zero-order valence-corrected chi connectivity index (χ0v) is 12.5. The van der Waals surface area contributed by atoms with Gasteiger partial charge in [0.2, 0.25) is 5.88 Å². The Bertz CT molecular complexity index is 620. The van der Waals surface area contributed by atoms with Crippen LogP contribution in [0.4, 0.5) is 5.69 Å². The second-order valence-corrected chi connectivity index (χ2v) is 6.00. The molecule has 110 valence electrons. The third-order valence-electron chi connectivity index (χ3n) is 3.14. The van der Waals surface area contributed by atoms with Gasteiger partial charge in [-0.2, -0.15) is 16.9 Å². The summed E-state index contributed by atoms with van der Waals surface area (Å²) in [5.41, 5.74) is 1.15. The van der Waals surface area contributed by atoms with Crippen molar-refractivity contribution in [1.29, 1.82) is 0 Å². The van der Waals surface area contributed by atoms with Crippen LogP contribution in [0.1, 0.15) is 16.8 Å². The standard InChI is InChI=1S/C14H16N4O2S/c1-18-8-11(7-16-18)17-14(19)10-2-3-13(15-6-10)20-12-4-5-21-9-12/h2-3,6-8,12H,4-5,9H2,1H3,(H,17,19)/t12-/m0/s1. The first-order valence-electron chi connectivity index (χ1n) is 6.71. The largest absolute Gasteiger partial charge is 0.473 e. The summed E-state index contributed by atoms with van der Waals surface area (Å²) in [6.07, 6.45) is 6.15. The van der Waals surface area contributed by atoms with Gasteiger partial charge in [0, 0.05) is 31.3 Å². The van der Waals surface area contributed by atoms with Gasteiger partial charge >= 0.3 is 0 Å². The predicted molar refractivity (Wildman–Crippen MR) is 81.8 cm³/mol. The fourth-order valence-corrected chi connectivity index (χ4v) is 3.14. The molecule has 2 aromatic rings. The molecule has 21 heavy (non-hydrogen) atoms. The van der Waals surface area contributed by atoms with Crippen LogP contribution in [0.2, 0.25) is 0 Å². The molecule has 1 saturated heterocycles. The van der Waals surface area contributed by atoms with E-state index in [9.17, 15) is 4.79 Å². The third-order valence-corrected chi connectivity index (χ3v) is 4.27. The van der Waals surface area contributed by atoms with E-state index < -0.39 is 0 Å². The van der Waals surface area contributed by atoms with Crippen molar-refractivity contribution < 1.29 is 9.53 Å². The number of aryl methyl sites for hydroxylation is 1.